The number of nitrogens with zero attached hydrogens (tertiary/aromatic N) is 2. The lowest BCUT2D eigenvalue weighted by Gasteiger charge is -2.12. The number of anilines is 1. The van der Waals surface area contributed by atoms with E-state index >= 15 is 0 Å². The van der Waals surface area contributed by atoms with Crippen LogP contribution in [0.2, 0.25) is 0 Å². The van der Waals surface area contributed by atoms with Crippen LogP contribution >= 0.6 is 0 Å². The SMILES string of the molecule is O=C(NCC(F)(F)F)c1cccc(S(=O)(=O)Nc2cccc(Cn3cccn3)c2)c1. The summed E-state index contributed by atoms with van der Waals surface area (Å²) in [6, 6.07) is 13.2. The van der Waals surface area contributed by atoms with Crippen LogP contribution in [-0.4, -0.2) is 36.8 Å². The maximum Gasteiger partial charge on any atom is 0.405 e. The largest absolute Gasteiger partial charge is 0.405 e. The number of hydrogen-bond donors (Lipinski definition) is 2. The van der Waals surface area contributed by atoms with Gasteiger partial charge in [-0.1, -0.05) is 18.2 Å². The topological polar surface area (TPSA) is 93.1 Å². The van der Waals surface area contributed by atoms with Gasteiger partial charge >= 0.3 is 6.18 Å². The Kier molecular flexibility index (Phi) is 6.11. The number of nitrogens with one attached hydrogen (secondary N) is 2. The standard InChI is InChI=1S/C19H17F3N4O3S/c20-19(21,22)13-23-18(27)15-5-2-7-17(11-15)30(28,29)25-16-6-1-4-14(10-16)12-26-9-3-8-24-26/h1-11,25H,12-13H2,(H,23,27). The van der Waals surface area contributed by atoms with Gasteiger partial charge in [-0.05, 0) is 42.0 Å². The van der Waals surface area contributed by atoms with E-state index in [0.717, 1.165) is 11.6 Å². The summed E-state index contributed by atoms with van der Waals surface area (Å²) in [7, 11) is -4.07. The Morgan fingerprint density at radius 2 is 1.83 bits per heavy atom. The molecule has 158 valence electrons. The van der Waals surface area contributed by atoms with Crippen molar-refractivity contribution in [1.29, 1.82) is 0 Å². The predicted molar refractivity (Wildman–Crippen MR) is 103 cm³/mol. The number of benzene rings is 2. The predicted octanol–water partition coefficient (Wildman–Crippen LogP) is 3.02. The highest BCUT2D eigenvalue weighted by Gasteiger charge is 2.28. The van der Waals surface area contributed by atoms with E-state index in [-0.39, 0.29) is 10.5 Å². The van der Waals surface area contributed by atoms with Crippen molar-refractivity contribution >= 4 is 21.6 Å². The molecule has 0 saturated carbocycles. The molecule has 1 aromatic heterocycles. The molecule has 2 aromatic carbocycles. The Balaban J connectivity index is 1.75. The van der Waals surface area contributed by atoms with Gasteiger partial charge in [0.25, 0.3) is 15.9 Å². The lowest BCUT2D eigenvalue weighted by Crippen LogP contribution is -2.33. The van der Waals surface area contributed by atoms with Gasteiger partial charge < -0.3 is 5.32 Å². The van der Waals surface area contributed by atoms with Gasteiger partial charge in [0.1, 0.15) is 6.54 Å². The maximum absolute atomic E-state index is 12.7. The minimum atomic E-state index is -4.57. The second-order valence-electron chi connectivity index (χ2n) is 6.34. The molecule has 0 unspecified atom stereocenters. The van der Waals surface area contributed by atoms with E-state index in [4.69, 9.17) is 0 Å². The number of sulfonamides is 1. The summed E-state index contributed by atoms with van der Waals surface area (Å²) in [4.78, 5) is 11.6. The van der Waals surface area contributed by atoms with Gasteiger partial charge in [0.05, 0.1) is 11.4 Å². The molecule has 2 N–H and O–H groups in total. The Morgan fingerprint density at radius 1 is 1.07 bits per heavy atom. The van der Waals surface area contributed by atoms with Gasteiger partial charge in [-0.15, -0.1) is 0 Å². The first-order chi connectivity index (χ1) is 14.1. The van der Waals surface area contributed by atoms with Crippen molar-refractivity contribution in [2.45, 2.75) is 17.6 Å². The van der Waals surface area contributed by atoms with Crippen molar-refractivity contribution in [1.82, 2.24) is 15.1 Å². The summed E-state index contributed by atoms with van der Waals surface area (Å²) in [5.74, 6) is -1.02. The van der Waals surface area contributed by atoms with Crippen LogP contribution in [-0.2, 0) is 16.6 Å². The van der Waals surface area contributed by atoms with Crippen LogP contribution in [0.4, 0.5) is 18.9 Å². The lowest BCUT2D eigenvalue weighted by molar-refractivity contribution is -0.123. The second kappa shape index (κ2) is 8.57. The molecule has 3 aromatic rings. The molecule has 1 amide bonds. The molecule has 7 nitrogen and oxygen atoms in total. The molecule has 0 aliphatic rings. The van der Waals surface area contributed by atoms with Crippen LogP contribution in [0, 0.1) is 0 Å². The van der Waals surface area contributed by atoms with Crippen LogP contribution in [0.3, 0.4) is 0 Å². The zero-order valence-corrected chi connectivity index (χ0v) is 16.2. The van der Waals surface area contributed by atoms with Gasteiger partial charge in [-0.3, -0.25) is 14.2 Å². The molecule has 0 aliphatic carbocycles. The van der Waals surface area contributed by atoms with Crippen molar-refractivity contribution in [3.8, 4) is 0 Å². The van der Waals surface area contributed by atoms with Crippen LogP contribution in [0.25, 0.3) is 0 Å². The van der Waals surface area contributed by atoms with Crippen molar-refractivity contribution in [3.05, 3.63) is 78.1 Å². The molecule has 0 bridgehead atoms. The summed E-state index contributed by atoms with van der Waals surface area (Å²) < 4.78 is 66.3. The number of aromatic nitrogens is 2. The van der Waals surface area contributed by atoms with Crippen LogP contribution in [0.15, 0.2) is 71.9 Å². The normalized spacial score (nSPS) is 11.8. The molecule has 0 aliphatic heterocycles. The monoisotopic (exact) mass is 438 g/mol. The fraction of sp³-hybridized carbons (Fsp3) is 0.158. The first-order valence-electron chi connectivity index (χ1n) is 8.67. The lowest BCUT2D eigenvalue weighted by atomic mass is 10.2. The number of hydrogen-bond acceptors (Lipinski definition) is 4. The average Bonchev–Trinajstić information content (AvgIpc) is 3.18. The highest BCUT2D eigenvalue weighted by Crippen LogP contribution is 2.19. The summed E-state index contributed by atoms with van der Waals surface area (Å²) in [6.07, 6.45) is -1.17. The average molecular weight is 438 g/mol. The third-order valence-corrected chi connectivity index (χ3v) is 5.32. The van der Waals surface area contributed by atoms with E-state index in [1.807, 2.05) is 6.07 Å². The van der Waals surface area contributed by atoms with E-state index < -0.39 is 28.7 Å². The van der Waals surface area contributed by atoms with E-state index in [9.17, 15) is 26.4 Å². The molecular formula is C19H17F3N4O3S. The fourth-order valence-corrected chi connectivity index (χ4v) is 3.71. The summed E-state index contributed by atoms with van der Waals surface area (Å²) in [5, 5.41) is 5.80. The van der Waals surface area contributed by atoms with Gasteiger partial charge in [-0.25, -0.2) is 8.42 Å². The smallest absolute Gasteiger partial charge is 0.343 e. The molecule has 0 saturated heterocycles. The fourth-order valence-electron chi connectivity index (χ4n) is 2.62. The van der Waals surface area contributed by atoms with Crippen LogP contribution in [0.5, 0.6) is 0 Å². The van der Waals surface area contributed by atoms with Crippen molar-refractivity contribution in [2.75, 3.05) is 11.3 Å². The molecular weight excluding hydrogens is 421 g/mol. The highest BCUT2D eigenvalue weighted by molar-refractivity contribution is 7.92. The Hall–Kier alpha value is -3.34. The summed E-state index contributed by atoms with van der Waals surface area (Å²) in [5.41, 5.74) is 0.903. The number of rotatable bonds is 7. The minimum absolute atomic E-state index is 0.199. The molecule has 11 heteroatoms. The van der Waals surface area contributed by atoms with Gasteiger partial charge in [0, 0.05) is 23.6 Å². The molecule has 1 heterocycles. The molecule has 0 spiro atoms. The number of carbonyl (C=O) groups excluding carboxylic acids is 1. The van der Waals surface area contributed by atoms with Crippen LogP contribution in [0.1, 0.15) is 15.9 Å². The number of halogens is 3. The van der Waals surface area contributed by atoms with Crippen molar-refractivity contribution in [3.63, 3.8) is 0 Å². The first-order valence-corrected chi connectivity index (χ1v) is 10.1. The third-order valence-electron chi connectivity index (χ3n) is 3.94. The molecule has 3 rings (SSSR count). The van der Waals surface area contributed by atoms with E-state index in [0.29, 0.717) is 12.2 Å². The highest BCUT2D eigenvalue weighted by atomic mass is 32.2. The van der Waals surface area contributed by atoms with Gasteiger partial charge in [-0.2, -0.15) is 18.3 Å². The molecule has 0 fully saturated rings. The van der Waals surface area contributed by atoms with Gasteiger partial charge in [0.2, 0.25) is 0 Å². The summed E-state index contributed by atoms with van der Waals surface area (Å²) in [6.45, 7) is -1.07. The van der Waals surface area contributed by atoms with Gasteiger partial charge in [0.15, 0.2) is 0 Å². The van der Waals surface area contributed by atoms with E-state index in [2.05, 4.69) is 9.82 Å². The Bertz CT molecular complexity index is 1130. The Labute approximate surface area is 170 Å². The van der Waals surface area contributed by atoms with E-state index in [1.165, 1.54) is 18.2 Å². The van der Waals surface area contributed by atoms with Crippen molar-refractivity contribution in [2.24, 2.45) is 0 Å². The first kappa shape index (κ1) is 21.4. The second-order valence-corrected chi connectivity index (χ2v) is 8.02. The third kappa shape index (κ3) is 5.83. The number of alkyl halides is 3. The maximum atomic E-state index is 12.7. The minimum Gasteiger partial charge on any atom is -0.343 e. The van der Waals surface area contributed by atoms with Crippen LogP contribution < -0.4 is 10.0 Å². The zero-order chi connectivity index (χ0) is 21.8. The number of amides is 1. The van der Waals surface area contributed by atoms with E-state index in [1.54, 1.807) is 46.7 Å². The van der Waals surface area contributed by atoms with Crippen molar-refractivity contribution < 1.29 is 26.4 Å². The molecule has 0 radical (unpaired) electrons. The molecule has 30 heavy (non-hydrogen) atoms. The number of carbonyl (C=O) groups is 1. The Morgan fingerprint density at radius 3 is 2.53 bits per heavy atom. The molecule has 0 atom stereocenters. The zero-order valence-electron chi connectivity index (χ0n) is 15.4. The quantitative estimate of drug-likeness (QED) is 0.593. The summed E-state index contributed by atoms with van der Waals surface area (Å²) >= 11 is 0.